The summed E-state index contributed by atoms with van der Waals surface area (Å²) in [6, 6.07) is 16.8. The summed E-state index contributed by atoms with van der Waals surface area (Å²) in [5.41, 5.74) is 1.70. The number of para-hydroxylation sites is 1. The molecule has 1 aliphatic rings. The summed E-state index contributed by atoms with van der Waals surface area (Å²) in [6.45, 7) is 23.3. The molecule has 3 aromatic carbocycles. The van der Waals surface area contributed by atoms with Crippen molar-refractivity contribution in [1.29, 1.82) is 0 Å². The van der Waals surface area contributed by atoms with Crippen LogP contribution in [0.2, 0.25) is 0 Å². The molecule has 3 aromatic rings. The maximum atomic E-state index is 6.59. The molecule has 0 spiro atoms. The number of rotatable bonds is 26. The van der Waals surface area contributed by atoms with E-state index in [2.05, 4.69) is 98.4 Å². The molecule has 0 unspecified atom stereocenters. The second kappa shape index (κ2) is 22.7. The normalized spacial score (nSPS) is 13.2. The molecule has 4 rings (SSSR count). The van der Waals surface area contributed by atoms with E-state index < -0.39 is 0 Å². The highest BCUT2D eigenvalue weighted by molar-refractivity contribution is 6.03. The van der Waals surface area contributed by atoms with Crippen molar-refractivity contribution < 1.29 is 35.9 Å². The molecule has 1 heterocycles. The number of allylic oxidation sites excluding steroid dienone is 4. The van der Waals surface area contributed by atoms with Gasteiger partial charge in [-0.3, -0.25) is 0 Å². The molecule has 0 radical (unpaired) electrons. The average Bonchev–Trinajstić information content (AvgIpc) is 3.44. The van der Waals surface area contributed by atoms with Crippen LogP contribution in [0.1, 0.15) is 90.9 Å². The fourth-order valence-electron chi connectivity index (χ4n) is 6.36. The van der Waals surface area contributed by atoms with Crippen LogP contribution in [0.15, 0.2) is 99.2 Å². The Labute approximate surface area is 319 Å². The van der Waals surface area contributed by atoms with Crippen LogP contribution >= 0.6 is 0 Å². The van der Waals surface area contributed by atoms with Crippen molar-refractivity contribution in [2.75, 3.05) is 37.9 Å². The van der Waals surface area contributed by atoms with Crippen LogP contribution in [0.5, 0.6) is 23.0 Å². The van der Waals surface area contributed by atoms with E-state index in [9.17, 15) is 0 Å². The molecule has 7 heteroatoms. The molecule has 0 saturated carbocycles. The highest BCUT2D eigenvalue weighted by Crippen LogP contribution is 2.45. The lowest BCUT2D eigenvalue weighted by Gasteiger charge is -2.26. The predicted molar refractivity (Wildman–Crippen MR) is 216 cm³/mol. The Balaban J connectivity index is 0.00000729. The summed E-state index contributed by atoms with van der Waals surface area (Å²) in [5, 5.41) is 2.23. The Kier molecular flexibility index (Phi) is 18.4. The van der Waals surface area contributed by atoms with Gasteiger partial charge in [0.2, 0.25) is 12.0 Å². The summed E-state index contributed by atoms with van der Waals surface area (Å²) >= 11 is 0. The number of ether oxygens (including phenoxy) is 4. The molecule has 0 amide bonds. The van der Waals surface area contributed by atoms with E-state index >= 15 is 0 Å². The smallest absolute Gasteiger partial charge is 0.245 e. The SMILES string of the molecule is C=CCCCCOc1ccc2ccc(OCCCCC=C)c(N3C=[N+](c4c(OCCCCC=C)cccc4OCCCCC=C)CC3(C)C)c2c1.[Cl-]. The summed E-state index contributed by atoms with van der Waals surface area (Å²) in [6.07, 6.45) is 22.1. The van der Waals surface area contributed by atoms with Crippen LogP contribution in [0.4, 0.5) is 11.4 Å². The van der Waals surface area contributed by atoms with Gasteiger partial charge < -0.3 is 31.4 Å². The number of anilines is 1. The third-order valence-electron chi connectivity index (χ3n) is 9.13. The first-order valence-corrected chi connectivity index (χ1v) is 19.0. The molecule has 6 nitrogen and oxygen atoms in total. The lowest BCUT2D eigenvalue weighted by molar-refractivity contribution is -0.434. The molecule has 1 aliphatic heterocycles. The summed E-state index contributed by atoms with van der Waals surface area (Å²) < 4.78 is 28.1. The number of fused-ring (bicyclic) bond motifs is 1. The van der Waals surface area contributed by atoms with Gasteiger partial charge in [-0.1, -0.05) is 42.5 Å². The molecule has 52 heavy (non-hydrogen) atoms. The minimum absolute atomic E-state index is 0. The van der Waals surface area contributed by atoms with E-state index in [-0.39, 0.29) is 17.9 Å². The van der Waals surface area contributed by atoms with Gasteiger partial charge in [0.15, 0.2) is 22.9 Å². The van der Waals surface area contributed by atoms with Gasteiger partial charge >= 0.3 is 0 Å². The first-order chi connectivity index (χ1) is 24.9. The zero-order valence-electron chi connectivity index (χ0n) is 31.8. The molecule has 0 aliphatic carbocycles. The van der Waals surface area contributed by atoms with Gasteiger partial charge in [-0.05, 0) is 127 Å². The molecule has 0 atom stereocenters. The summed E-state index contributed by atoms with van der Waals surface area (Å²) in [5.74, 6) is 3.38. The van der Waals surface area contributed by atoms with E-state index in [0.717, 1.165) is 129 Å². The quantitative estimate of drug-likeness (QED) is 0.0470. The Morgan fingerprint density at radius 2 is 1.12 bits per heavy atom. The maximum Gasteiger partial charge on any atom is 0.245 e. The van der Waals surface area contributed by atoms with Crippen molar-refractivity contribution >= 4 is 28.5 Å². The Morgan fingerprint density at radius 1 is 0.635 bits per heavy atom. The minimum atomic E-state index is -0.297. The van der Waals surface area contributed by atoms with Crippen molar-refractivity contribution in [2.24, 2.45) is 0 Å². The van der Waals surface area contributed by atoms with Gasteiger partial charge in [0.1, 0.15) is 17.8 Å². The molecule has 282 valence electrons. The highest BCUT2D eigenvalue weighted by Gasteiger charge is 2.45. The van der Waals surface area contributed by atoms with Gasteiger partial charge in [0.25, 0.3) is 0 Å². The number of benzene rings is 3. The van der Waals surface area contributed by atoms with Crippen LogP contribution in [0, 0.1) is 0 Å². The van der Waals surface area contributed by atoms with E-state index in [0.29, 0.717) is 26.4 Å². The van der Waals surface area contributed by atoms with Crippen LogP contribution < -0.4 is 36.3 Å². The summed E-state index contributed by atoms with van der Waals surface area (Å²) in [7, 11) is 0. The van der Waals surface area contributed by atoms with Gasteiger partial charge in [-0.15, -0.1) is 26.3 Å². The van der Waals surface area contributed by atoms with Crippen LogP contribution in [0.3, 0.4) is 0 Å². The Hall–Kier alpha value is -4.16. The summed E-state index contributed by atoms with van der Waals surface area (Å²) in [4.78, 5) is 2.37. The molecular formula is C45H61ClN2O4. The number of nitrogens with zero attached hydrogens (tertiary/aromatic N) is 2. The largest absolute Gasteiger partial charge is 1.00 e. The van der Waals surface area contributed by atoms with E-state index in [1.54, 1.807) is 0 Å². The number of unbranched alkanes of at least 4 members (excludes halogenated alkanes) is 8. The van der Waals surface area contributed by atoms with Gasteiger partial charge in [-0.25, -0.2) is 9.48 Å². The molecule has 0 saturated heterocycles. The van der Waals surface area contributed by atoms with Crippen molar-refractivity contribution in [3.63, 3.8) is 0 Å². The Bertz CT molecular complexity index is 1570. The van der Waals surface area contributed by atoms with Crippen LogP contribution in [0.25, 0.3) is 10.8 Å². The van der Waals surface area contributed by atoms with Gasteiger partial charge in [0, 0.05) is 5.39 Å². The zero-order valence-corrected chi connectivity index (χ0v) is 32.5. The first-order valence-electron chi connectivity index (χ1n) is 19.0. The molecule has 0 aromatic heterocycles. The number of hydrogen-bond acceptors (Lipinski definition) is 5. The van der Waals surface area contributed by atoms with Crippen molar-refractivity contribution in [1.82, 2.24) is 0 Å². The zero-order chi connectivity index (χ0) is 36.3. The third kappa shape index (κ3) is 12.2. The monoisotopic (exact) mass is 728 g/mol. The minimum Gasteiger partial charge on any atom is -1.00 e. The molecule has 0 N–H and O–H groups in total. The number of halogens is 1. The van der Waals surface area contributed by atoms with Gasteiger partial charge in [0.05, 0.1) is 26.4 Å². The second-order valence-electron chi connectivity index (χ2n) is 13.9. The van der Waals surface area contributed by atoms with Crippen molar-refractivity contribution in [3.05, 3.63) is 99.2 Å². The molecular weight excluding hydrogens is 668 g/mol. The molecule has 0 bridgehead atoms. The third-order valence-corrected chi connectivity index (χ3v) is 9.13. The standard InChI is InChI=1S/C45H61N2O4.ClH/c1-7-11-15-19-30-48-38-28-26-37-27-29-42(51-33-22-18-14-10-4)43(39(37)34-38)47-36-46(35-45(47,5)6)44-40(49-31-20-16-12-8-2)24-23-25-41(44)50-32-21-17-13-9-3;/h7-10,23-29,34,36H,1-4,11-22,30-33,35H2,5-6H3;1H/q+1;/p-1. The average molecular weight is 729 g/mol. The fourth-order valence-corrected chi connectivity index (χ4v) is 6.36. The lowest BCUT2D eigenvalue weighted by atomic mass is 10.00. The van der Waals surface area contributed by atoms with Crippen LogP contribution in [-0.2, 0) is 0 Å². The van der Waals surface area contributed by atoms with Crippen LogP contribution in [-0.4, -0.2) is 49.4 Å². The maximum absolute atomic E-state index is 6.59. The predicted octanol–water partition coefficient (Wildman–Crippen LogP) is 8.76. The van der Waals surface area contributed by atoms with E-state index in [1.165, 1.54) is 0 Å². The Morgan fingerprint density at radius 3 is 1.63 bits per heavy atom. The molecule has 0 fully saturated rings. The topological polar surface area (TPSA) is 43.2 Å². The fraction of sp³-hybridized carbons (Fsp3) is 0.444. The van der Waals surface area contributed by atoms with E-state index in [1.807, 2.05) is 30.4 Å². The number of hydrogen-bond donors (Lipinski definition) is 0. The first kappa shape index (κ1) is 42.3. The lowest BCUT2D eigenvalue weighted by Crippen LogP contribution is -3.00. The second-order valence-corrected chi connectivity index (χ2v) is 13.9. The van der Waals surface area contributed by atoms with Crippen molar-refractivity contribution in [3.8, 4) is 23.0 Å². The van der Waals surface area contributed by atoms with Gasteiger partial charge in [-0.2, -0.15) is 0 Å². The van der Waals surface area contributed by atoms with E-state index in [4.69, 9.17) is 18.9 Å². The van der Waals surface area contributed by atoms with Crippen molar-refractivity contribution in [2.45, 2.75) is 96.4 Å². The highest BCUT2D eigenvalue weighted by atomic mass is 35.5.